The normalized spacial score (nSPS) is 17.8. The molecule has 0 radical (unpaired) electrons. The molecule has 3 rings (SSSR count). The van der Waals surface area contributed by atoms with E-state index in [1.807, 2.05) is 13.0 Å². The summed E-state index contributed by atoms with van der Waals surface area (Å²) in [5.74, 6) is 0.809. The Balaban J connectivity index is 2.11. The Labute approximate surface area is 100 Å². The van der Waals surface area contributed by atoms with Crippen LogP contribution in [0, 0.1) is 12.7 Å². The van der Waals surface area contributed by atoms with Crippen molar-refractivity contribution in [3.05, 3.63) is 29.8 Å². The van der Waals surface area contributed by atoms with Crippen LogP contribution in [0.4, 0.5) is 4.39 Å². The maximum Gasteiger partial charge on any atom is 0.125 e. The molecule has 0 N–H and O–H groups in total. The van der Waals surface area contributed by atoms with Gasteiger partial charge in [0.1, 0.15) is 11.6 Å². The number of fused-ring (bicyclic) bond motifs is 1. The van der Waals surface area contributed by atoms with Gasteiger partial charge in [0, 0.05) is 12.1 Å². The van der Waals surface area contributed by atoms with Crippen molar-refractivity contribution in [3.63, 3.8) is 0 Å². The average molecular weight is 232 g/mol. The van der Waals surface area contributed by atoms with Gasteiger partial charge in [0.2, 0.25) is 0 Å². The van der Waals surface area contributed by atoms with Gasteiger partial charge >= 0.3 is 0 Å². The Morgan fingerprint density at radius 2 is 2.00 bits per heavy atom. The maximum absolute atomic E-state index is 13.2. The van der Waals surface area contributed by atoms with E-state index in [0.717, 1.165) is 16.9 Å². The van der Waals surface area contributed by atoms with Crippen molar-refractivity contribution in [2.24, 2.45) is 0 Å². The van der Waals surface area contributed by atoms with Gasteiger partial charge < -0.3 is 4.57 Å². The first-order valence-corrected chi connectivity index (χ1v) is 6.40. The summed E-state index contributed by atoms with van der Waals surface area (Å²) in [4.78, 5) is 4.47. The number of imidazole rings is 1. The van der Waals surface area contributed by atoms with E-state index < -0.39 is 0 Å². The van der Waals surface area contributed by atoms with Gasteiger partial charge in [-0.05, 0) is 31.9 Å². The smallest absolute Gasteiger partial charge is 0.125 e. The lowest BCUT2D eigenvalue weighted by Gasteiger charge is -2.24. The summed E-state index contributed by atoms with van der Waals surface area (Å²) in [6.07, 6.45) is 6.39. The van der Waals surface area contributed by atoms with Gasteiger partial charge in [-0.25, -0.2) is 9.37 Å². The molecule has 1 fully saturated rings. The molecule has 0 aliphatic heterocycles. The van der Waals surface area contributed by atoms with Gasteiger partial charge in [0.05, 0.1) is 11.0 Å². The van der Waals surface area contributed by atoms with Crippen LogP contribution in [0.2, 0.25) is 0 Å². The highest BCUT2D eigenvalue weighted by Crippen LogP contribution is 2.32. The van der Waals surface area contributed by atoms with Gasteiger partial charge in [-0.15, -0.1) is 0 Å². The quantitative estimate of drug-likeness (QED) is 0.727. The number of benzene rings is 1. The van der Waals surface area contributed by atoms with Crippen molar-refractivity contribution < 1.29 is 4.39 Å². The van der Waals surface area contributed by atoms with Crippen LogP contribution in [-0.4, -0.2) is 9.55 Å². The molecule has 1 aliphatic carbocycles. The Hall–Kier alpha value is -1.38. The number of rotatable bonds is 1. The zero-order chi connectivity index (χ0) is 11.8. The molecule has 0 saturated heterocycles. The molecule has 1 aliphatic rings. The molecular formula is C14H17FN2. The lowest BCUT2D eigenvalue weighted by molar-refractivity contribution is 0.355. The second-order valence-electron chi connectivity index (χ2n) is 4.95. The fraction of sp³-hybridized carbons (Fsp3) is 0.500. The minimum Gasteiger partial charge on any atom is -0.325 e. The van der Waals surface area contributed by atoms with Crippen LogP contribution in [0.15, 0.2) is 18.2 Å². The molecule has 17 heavy (non-hydrogen) atoms. The molecule has 0 amide bonds. The van der Waals surface area contributed by atoms with Crippen LogP contribution in [0.5, 0.6) is 0 Å². The van der Waals surface area contributed by atoms with E-state index in [1.165, 1.54) is 44.2 Å². The fourth-order valence-corrected chi connectivity index (χ4v) is 2.99. The van der Waals surface area contributed by atoms with Crippen LogP contribution in [0.1, 0.15) is 44.0 Å². The van der Waals surface area contributed by atoms with Crippen molar-refractivity contribution in [2.45, 2.75) is 45.1 Å². The lowest BCUT2D eigenvalue weighted by Crippen LogP contribution is -2.13. The highest BCUT2D eigenvalue weighted by Gasteiger charge is 2.19. The van der Waals surface area contributed by atoms with Crippen LogP contribution in [0.25, 0.3) is 11.0 Å². The third-order valence-electron chi connectivity index (χ3n) is 3.77. The highest BCUT2D eigenvalue weighted by molar-refractivity contribution is 5.76. The van der Waals surface area contributed by atoms with E-state index in [2.05, 4.69) is 9.55 Å². The molecule has 90 valence electrons. The van der Waals surface area contributed by atoms with Gasteiger partial charge in [0.15, 0.2) is 0 Å². The van der Waals surface area contributed by atoms with Gasteiger partial charge in [0.25, 0.3) is 0 Å². The summed E-state index contributed by atoms with van der Waals surface area (Å²) in [5.41, 5.74) is 1.86. The number of hydrogen-bond donors (Lipinski definition) is 0. The van der Waals surface area contributed by atoms with E-state index in [4.69, 9.17) is 0 Å². The molecule has 0 atom stereocenters. The van der Waals surface area contributed by atoms with Crippen molar-refractivity contribution in [2.75, 3.05) is 0 Å². The first kappa shape index (κ1) is 10.8. The van der Waals surface area contributed by atoms with E-state index >= 15 is 0 Å². The molecule has 1 heterocycles. The van der Waals surface area contributed by atoms with Crippen LogP contribution in [-0.2, 0) is 0 Å². The van der Waals surface area contributed by atoms with Crippen molar-refractivity contribution in [1.29, 1.82) is 0 Å². The number of aromatic nitrogens is 2. The molecule has 0 spiro atoms. The molecule has 0 unspecified atom stereocenters. The molecule has 0 bridgehead atoms. The predicted molar refractivity (Wildman–Crippen MR) is 66.6 cm³/mol. The van der Waals surface area contributed by atoms with Gasteiger partial charge in [-0.3, -0.25) is 0 Å². The van der Waals surface area contributed by atoms with E-state index in [9.17, 15) is 4.39 Å². The number of nitrogens with zero attached hydrogens (tertiary/aromatic N) is 2. The van der Waals surface area contributed by atoms with Crippen LogP contribution in [0.3, 0.4) is 0 Å². The minimum absolute atomic E-state index is 0.203. The van der Waals surface area contributed by atoms with Crippen LogP contribution < -0.4 is 0 Å². The number of aryl methyl sites for hydroxylation is 1. The molecule has 1 saturated carbocycles. The van der Waals surface area contributed by atoms with Gasteiger partial charge in [-0.2, -0.15) is 0 Å². The molecule has 2 nitrogen and oxygen atoms in total. The fourth-order valence-electron chi connectivity index (χ4n) is 2.99. The third kappa shape index (κ3) is 1.84. The van der Waals surface area contributed by atoms with E-state index in [0.29, 0.717) is 6.04 Å². The topological polar surface area (TPSA) is 17.8 Å². The highest BCUT2D eigenvalue weighted by atomic mass is 19.1. The number of halogens is 1. The van der Waals surface area contributed by atoms with Crippen LogP contribution >= 0.6 is 0 Å². The first-order valence-electron chi connectivity index (χ1n) is 6.40. The molecule has 3 heteroatoms. The van der Waals surface area contributed by atoms with Gasteiger partial charge in [-0.1, -0.05) is 19.3 Å². The maximum atomic E-state index is 13.2. The molecule has 1 aromatic carbocycles. The summed E-state index contributed by atoms with van der Waals surface area (Å²) in [7, 11) is 0. The Morgan fingerprint density at radius 3 is 2.76 bits per heavy atom. The van der Waals surface area contributed by atoms with E-state index in [-0.39, 0.29) is 5.82 Å². The zero-order valence-electron chi connectivity index (χ0n) is 10.1. The molecular weight excluding hydrogens is 215 g/mol. The first-order chi connectivity index (χ1) is 8.25. The summed E-state index contributed by atoms with van der Waals surface area (Å²) in [6.45, 7) is 2.02. The summed E-state index contributed by atoms with van der Waals surface area (Å²) < 4.78 is 15.5. The average Bonchev–Trinajstić information content (AvgIpc) is 2.65. The zero-order valence-corrected chi connectivity index (χ0v) is 10.1. The third-order valence-corrected chi connectivity index (χ3v) is 3.77. The second kappa shape index (κ2) is 4.13. The Morgan fingerprint density at radius 1 is 1.24 bits per heavy atom. The largest absolute Gasteiger partial charge is 0.325 e. The van der Waals surface area contributed by atoms with Crippen molar-refractivity contribution >= 4 is 11.0 Å². The van der Waals surface area contributed by atoms with Crippen molar-refractivity contribution in [3.8, 4) is 0 Å². The lowest BCUT2D eigenvalue weighted by atomic mass is 9.95. The second-order valence-corrected chi connectivity index (χ2v) is 4.95. The van der Waals surface area contributed by atoms with Crippen molar-refractivity contribution in [1.82, 2.24) is 9.55 Å². The minimum atomic E-state index is -0.203. The Kier molecular flexibility index (Phi) is 2.61. The van der Waals surface area contributed by atoms with E-state index in [1.54, 1.807) is 0 Å². The SMILES string of the molecule is Cc1nc2cc(F)ccc2n1C1CCCCC1. The molecule has 2 aromatic rings. The summed E-state index contributed by atoms with van der Waals surface area (Å²) in [6, 6.07) is 5.48. The predicted octanol–water partition coefficient (Wildman–Crippen LogP) is 3.99. The summed E-state index contributed by atoms with van der Waals surface area (Å²) >= 11 is 0. The standard InChI is InChI=1S/C14H17FN2/c1-10-16-13-9-11(15)7-8-14(13)17(10)12-5-3-2-4-6-12/h7-9,12H,2-6H2,1H3. The number of hydrogen-bond acceptors (Lipinski definition) is 1. The molecule has 1 aromatic heterocycles. The monoisotopic (exact) mass is 232 g/mol. The Bertz CT molecular complexity index is 538. The summed E-state index contributed by atoms with van der Waals surface area (Å²) in [5, 5.41) is 0.